The Hall–Kier alpha value is -1.42. The fraction of sp³-hybridized carbons (Fsp3) is 0.533. The Morgan fingerprint density at radius 3 is 2.75 bits per heavy atom. The third-order valence-corrected chi connectivity index (χ3v) is 3.10. The van der Waals surface area contributed by atoms with Crippen molar-refractivity contribution in [3.63, 3.8) is 0 Å². The van der Waals surface area contributed by atoms with E-state index in [2.05, 4.69) is 24.2 Å². The van der Waals surface area contributed by atoms with Crippen LogP contribution in [0, 0.1) is 5.92 Å². The zero-order chi connectivity index (χ0) is 14.5. The summed E-state index contributed by atoms with van der Waals surface area (Å²) in [6.45, 7) is 8.97. The summed E-state index contributed by atoms with van der Waals surface area (Å²) < 4.78 is 11.4. The van der Waals surface area contributed by atoms with Crippen LogP contribution in [-0.4, -0.2) is 32.1 Å². The van der Waals surface area contributed by atoms with Crippen LogP contribution in [0.15, 0.2) is 17.1 Å². The van der Waals surface area contributed by atoms with Crippen molar-refractivity contribution in [3.05, 3.63) is 22.7 Å². The van der Waals surface area contributed by atoms with Crippen LogP contribution >= 0.6 is 11.6 Å². The van der Waals surface area contributed by atoms with Crippen molar-refractivity contribution < 1.29 is 9.47 Å². The largest absolute Gasteiger partial charge is 0.490 e. The minimum atomic E-state index is 0.432. The lowest BCUT2D eigenvalue weighted by molar-refractivity contribution is 0.248. The van der Waals surface area contributed by atoms with Crippen molar-refractivity contribution in [1.82, 2.24) is 5.32 Å². The highest BCUT2D eigenvalue weighted by Gasteiger charge is 2.17. The second kappa shape index (κ2) is 6.84. The van der Waals surface area contributed by atoms with Crippen molar-refractivity contribution in [3.8, 4) is 11.5 Å². The molecule has 0 spiro atoms. The third kappa shape index (κ3) is 3.57. The number of benzene rings is 1. The van der Waals surface area contributed by atoms with Gasteiger partial charge in [0, 0.05) is 12.1 Å². The minimum Gasteiger partial charge on any atom is -0.490 e. The van der Waals surface area contributed by atoms with Gasteiger partial charge in [0.05, 0.1) is 24.8 Å². The van der Waals surface area contributed by atoms with Crippen LogP contribution < -0.4 is 14.8 Å². The van der Waals surface area contributed by atoms with Crippen molar-refractivity contribution in [1.29, 1.82) is 0 Å². The van der Waals surface area contributed by atoms with E-state index in [1.54, 1.807) is 0 Å². The third-order valence-electron chi connectivity index (χ3n) is 2.82. The van der Waals surface area contributed by atoms with Gasteiger partial charge in [0.2, 0.25) is 0 Å². The normalized spacial score (nSPS) is 14.2. The summed E-state index contributed by atoms with van der Waals surface area (Å²) in [6, 6.07) is 3.80. The average Bonchev–Trinajstić information content (AvgIpc) is 2.91. The average molecular weight is 297 g/mol. The molecule has 1 aliphatic heterocycles. The van der Waals surface area contributed by atoms with E-state index in [1.807, 2.05) is 19.1 Å². The number of hydrogen-bond acceptors (Lipinski definition) is 4. The quantitative estimate of drug-likeness (QED) is 0.877. The molecule has 0 saturated heterocycles. The Kier molecular flexibility index (Phi) is 5.12. The Morgan fingerprint density at radius 1 is 1.35 bits per heavy atom. The van der Waals surface area contributed by atoms with Crippen LogP contribution in [0.4, 0.5) is 0 Å². The molecule has 0 aromatic heterocycles. The smallest absolute Gasteiger partial charge is 0.179 e. The van der Waals surface area contributed by atoms with Crippen LogP contribution in [0.25, 0.3) is 0 Å². The number of amidine groups is 1. The van der Waals surface area contributed by atoms with Gasteiger partial charge >= 0.3 is 0 Å². The molecule has 0 fully saturated rings. The number of hydrogen-bond donors (Lipinski definition) is 1. The second-order valence-corrected chi connectivity index (χ2v) is 5.49. The standard InChI is InChI=1S/C15H21ClN2O2/c1-4-19-13-8-11(15-17-5-6-18-15)7-12(16)14(13)20-9-10(2)3/h7-8,10H,4-6,9H2,1-3H3,(H,17,18). The molecule has 110 valence electrons. The van der Waals surface area contributed by atoms with Gasteiger partial charge in [0.1, 0.15) is 5.84 Å². The van der Waals surface area contributed by atoms with E-state index in [4.69, 9.17) is 21.1 Å². The lowest BCUT2D eigenvalue weighted by atomic mass is 10.1. The van der Waals surface area contributed by atoms with Gasteiger partial charge in [-0.1, -0.05) is 25.4 Å². The number of nitrogens with zero attached hydrogens (tertiary/aromatic N) is 1. The number of ether oxygens (including phenoxy) is 2. The van der Waals surface area contributed by atoms with Crippen LogP contribution in [0.5, 0.6) is 11.5 Å². The van der Waals surface area contributed by atoms with Crippen molar-refractivity contribution >= 4 is 17.4 Å². The molecule has 1 aromatic carbocycles. The van der Waals surface area contributed by atoms with Gasteiger partial charge in [-0.3, -0.25) is 4.99 Å². The molecule has 5 heteroatoms. The molecule has 0 atom stereocenters. The minimum absolute atomic E-state index is 0.432. The lowest BCUT2D eigenvalue weighted by Gasteiger charge is -2.16. The first-order valence-corrected chi connectivity index (χ1v) is 7.37. The molecule has 4 nitrogen and oxygen atoms in total. The highest BCUT2D eigenvalue weighted by Crippen LogP contribution is 2.37. The first-order valence-electron chi connectivity index (χ1n) is 6.99. The molecule has 20 heavy (non-hydrogen) atoms. The first kappa shape index (κ1) is 15.0. The Morgan fingerprint density at radius 2 is 2.15 bits per heavy atom. The molecule has 1 heterocycles. The SMILES string of the molecule is CCOc1cc(C2=NCCN2)cc(Cl)c1OCC(C)C. The highest BCUT2D eigenvalue weighted by molar-refractivity contribution is 6.32. The molecule has 2 rings (SSSR count). The van der Waals surface area contributed by atoms with E-state index in [0.717, 1.165) is 24.5 Å². The fourth-order valence-electron chi connectivity index (χ4n) is 1.95. The predicted octanol–water partition coefficient (Wildman–Crippen LogP) is 3.12. The summed E-state index contributed by atoms with van der Waals surface area (Å²) >= 11 is 6.34. The summed E-state index contributed by atoms with van der Waals surface area (Å²) in [6.07, 6.45) is 0. The van der Waals surface area contributed by atoms with Crippen LogP contribution in [0.3, 0.4) is 0 Å². The molecule has 1 aliphatic rings. The van der Waals surface area contributed by atoms with Crippen LogP contribution in [0.1, 0.15) is 26.3 Å². The van der Waals surface area contributed by atoms with E-state index in [9.17, 15) is 0 Å². The first-order chi connectivity index (χ1) is 9.61. The van der Waals surface area contributed by atoms with E-state index in [1.165, 1.54) is 0 Å². The van der Waals surface area contributed by atoms with Gasteiger partial charge in [-0.05, 0) is 25.0 Å². The molecule has 1 aromatic rings. The van der Waals surface area contributed by atoms with Gasteiger partial charge in [-0.25, -0.2) is 0 Å². The number of aliphatic imine (C=N–C) groups is 1. The zero-order valence-corrected chi connectivity index (χ0v) is 13.0. The summed E-state index contributed by atoms with van der Waals surface area (Å²) in [5.41, 5.74) is 0.938. The van der Waals surface area contributed by atoms with E-state index < -0.39 is 0 Å². The second-order valence-electron chi connectivity index (χ2n) is 5.08. The van der Waals surface area contributed by atoms with Crippen molar-refractivity contribution in [2.24, 2.45) is 10.9 Å². The van der Waals surface area contributed by atoms with Gasteiger partial charge in [-0.2, -0.15) is 0 Å². The summed E-state index contributed by atoms with van der Waals surface area (Å²) in [7, 11) is 0. The van der Waals surface area contributed by atoms with Gasteiger partial charge in [0.25, 0.3) is 0 Å². The molecule has 0 amide bonds. The Bertz CT molecular complexity index is 501. The van der Waals surface area contributed by atoms with E-state index in [0.29, 0.717) is 35.7 Å². The maximum Gasteiger partial charge on any atom is 0.179 e. The van der Waals surface area contributed by atoms with Crippen LogP contribution in [-0.2, 0) is 0 Å². The fourth-order valence-corrected chi connectivity index (χ4v) is 2.21. The molecule has 1 N–H and O–H groups in total. The Labute approximate surface area is 125 Å². The Balaban J connectivity index is 2.30. The van der Waals surface area contributed by atoms with Crippen LogP contribution in [0.2, 0.25) is 5.02 Å². The van der Waals surface area contributed by atoms with Gasteiger partial charge in [-0.15, -0.1) is 0 Å². The summed E-state index contributed by atoms with van der Waals surface area (Å²) in [5, 5.41) is 3.79. The number of nitrogens with one attached hydrogen (secondary N) is 1. The van der Waals surface area contributed by atoms with Crippen molar-refractivity contribution in [2.45, 2.75) is 20.8 Å². The van der Waals surface area contributed by atoms with E-state index in [-0.39, 0.29) is 0 Å². The highest BCUT2D eigenvalue weighted by atomic mass is 35.5. The predicted molar refractivity (Wildman–Crippen MR) is 82.4 cm³/mol. The van der Waals surface area contributed by atoms with Gasteiger partial charge in [0.15, 0.2) is 11.5 Å². The molecule has 0 bridgehead atoms. The molecule has 0 unspecified atom stereocenters. The number of rotatable bonds is 6. The monoisotopic (exact) mass is 296 g/mol. The number of halogens is 1. The molecular formula is C15H21ClN2O2. The summed E-state index contributed by atoms with van der Waals surface area (Å²) in [5.74, 6) is 2.58. The molecule has 0 aliphatic carbocycles. The molecule has 0 radical (unpaired) electrons. The maximum atomic E-state index is 6.34. The maximum absolute atomic E-state index is 6.34. The van der Waals surface area contributed by atoms with E-state index >= 15 is 0 Å². The zero-order valence-electron chi connectivity index (χ0n) is 12.2. The lowest BCUT2D eigenvalue weighted by Crippen LogP contribution is -2.19. The molecule has 0 saturated carbocycles. The van der Waals surface area contributed by atoms with Gasteiger partial charge < -0.3 is 14.8 Å². The summed E-state index contributed by atoms with van der Waals surface area (Å²) in [4.78, 5) is 4.40. The molecular weight excluding hydrogens is 276 g/mol. The topological polar surface area (TPSA) is 42.8 Å². The van der Waals surface area contributed by atoms with Crippen molar-refractivity contribution in [2.75, 3.05) is 26.3 Å².